The lowest BCUT2D eigenvalue weighted by Gasteiger charge is -2.09. The van der Waals surface area contributed by atoms with Gasteiger partial charge in [-0.25, -0.2) is 24.1 Å². The molecule has 0 spiro atoms. The van der Waals surface area contributed by atoms with E-state index in [-0.39, 0.29) is 5.82 Å². The Kier molecular flexibility index (Phi) is 4.50. The third-order valence-corrected chi connectivity index (χ3v) is 4.26. The zero-order valence-corrected chi connectivity index (χ0v) is 15.4. The molecule has 29 heavy (non-hydrogen) atoms. The van der Waals surface area contributed by atoms with Crippen LogP contribution in [-0.4, -0.2) is 25.6 Å². The maximum atomic E-state index is 12.2. The summed E-state index contributed by atoms with van der Waals surface area (Å²) in [5, 5.41) is 9.55. The largest absolute Gasteiger partial charge is 0.382 e. The maximum absolute atomic E-state index is 12.2. The van der Waals surface area contributed by atoms with Crippen LogP contribution in [0.4, 0.5) is 27.8 Å². The lowest BCUT2D eigenvalue weighted by Crippen LogP contribution is -2.20. The van der Waals surface area contributed by atoms with Crippen LogP contribution in [0.15, 0.2) is 55.0 Å². The number of pyridine rings is 1. The van der Waals surface area contributed by atoms with Crippen molar-refractivity contribution >= 4 is 34.6 Å². The highest BCUT2D eigenvalue weighted by Crippen LogP contribution is 2.37. The molecule has 0 bridgehead atoms. The summed E-state index contributed by atoms with van der Waals surface area (Å²) >= 11 is 0. The van der Waals surface area contributed by atoms with Gasteiger partial charge in [0.15, 0.2) is 5.82 Å². The first-order chi connectivity index (χ1) is 14.0. The van der Waals surface area contributed by atoms with Crippen molar-refractivity contribution in [2.75, 3.05) is 16.4 Å². The minimum absolute atomic E-state index is 0.289. The Morgan fingerprint density at radius 2 is 1.97 bits per heavy atom. The first-order valence-corrected chi connectivity index (χ1v) is 8.66. The number of nitrogens with two attached hydrogens (primary N) is 1. The van der Waals surface area contributed by atoms with E-state index in [0.29, 0.717) is 28.3 Å². The van der Waals surface area contributed by atoms with Crippen molar-refractivity contribution in [1.82, 2.24) is 19.6 Å². The van der Waals surface area contributed by atoms with E-state index in [1.165, 1.54) is 6.33 Å². The van der Waals surface area contributed by atoms with Crippen LogP contribution in [0.3, 0.4) is 0 Å². The quantitative estimate of drug-likeness (QED) is 0.464. The summed E-state index contributed by atoms with van der Waals surface area (Å²) in [6.07, 6.45) is 2.96. The van der Waals surface area contributed by atoms with E-state index in [9.17, 15) is 4.79 Å². The highest BCUT2D eigenvalue weighted by molar-refractivity contribution is 6.00. The molecular weight excluding hydrogens is 368 g/mol. The minimum atomic E-state index is -0.398. The van der Waals surface area contributed by atoms with Crippen molar-refractivity contribution in [1.29, 1.82) is 0 Å². The lowest BCUT2D eigenvalue weighted by atomic mass is 10.1. The molecule has 0 aliphatic rings. The number of anilines is 3. The third kappa shape index (κ3) is 3.54. The Hall–Kier alpha value is -4.45. The summed E-state index contributed by atoms with van der Waals surface area (Å²) < 4.78 is 1.54. The molecule has 0 saturated carbocycles. The molecule has 0 atom stereocenters. The van der Waals surface area contributed by atoms with E-state index in [0.717, 1.165) is 11.3 Å². The Labute approximate surface area is 166 Å². The molecule has 0 fully saturated rings. The van der Waals surface area contributed by atoms with Crippen LogP contribution in [0.5, 0.6) is 0 Å². The Balaban J connectivity index is 1.58. The van der Waals surface area contributed by atoms with Gasteiger partial charge in [0.05, 0.1) is 6.57 Å². The fraction of sp³-hybridized carbons (Fsp3) is 0.0500. The number of aryl methyl sites for hydroxylation is 1. The fourth-order valence-electron chi connectivity index (χ4n) is 3.00. The molecule has 9 nitrogen and oxygen atoms in total. The summed E-state index contributed by atoms with van der Waals surface area (Å²) in [5.74, 6) is 0.758. The van der Waals surface area contributed by atoms with E-state index < -0.39 is 6.03 Å². The molecule has 1 aromatic carbocycles. The van der Waals surface area contributed by atoms with Crippen molar-refractivity contribution in [3.63, 3.8) is 0 Å². The van der Waals surface area contributed by atoms with E-state index in [1.54, 1.807) is 41.0 Å². The standard InChI is InChI=1S/C20H16N8O/c1-12-4-3-5-16(25-12)27-20(29)26-14-8-6-13(7-9-14)17-15(22-2)10-28-18(17)19(21)23-11-24-28/h3-11H,1H3,(H2,21,23,24)(H2,25,26,27,29). The van der Waals surface area contributed by atoms with Crippen LogP contribution in [0.2, 0.25) is 0 Å². The number of carbonyl (C=O) groups is 1. The first-order valence-electron chi connectivity index (χ1n) is 8.66. The van der Waals surface area contributed by atoms with E-state index in [1.807, 2.05) is 19.1 Å². The zero-order chi connectivity index (χ0) is 20.4. The number of amides is 2. The van der Waals surface area contributed by atoms with E-state index >= 15 is 0 Å². The first kappa shape index (κ1) is 17.9. The number of urea groups is 1. The Bertz CT molecular complexity index is 1250. The third-order valence-electron chi connectivity index (χ3n) is 4.26. The van der Waals surface area contributed by atoms with Gasteiger partial charge >= 0.3 is 6.03 Å². The van der Waals surface area contributed by atoms with Crippen LogP contribution in [0.1, 0.15) is 5.69 Å². The number of nitrogen functional groups attached to an aromatic ring is 1. The number of rotatable bonds is 3. The van der Waals surface area contributed by atoms with Gasteiger partial charge in [-0.05, 0) is 36.8 Å². The number of benzene rings is 1. The average Bonchev–Trinajstić information content (AvgIpc) is 3.08. The van der Waals surface area contributed by atoms with E-state index in [2.05, 4.69) is 30.5 Å². The summed E-state index contributed by atoms with van der Waals surface area (Å²) in [5.41, 5.74) is 9.81. The van der Waals surface area contributed by atoms with E-state index in [4.69, 9.17) is 12.3 Å². The summed E-state index contributed by atoms with van der Waals surface area (Å²) in [6.45, 7) is 9.29. The Morgan fingerprint density at radius 3 is 2.69 bits per heavy atom. The SMILES string of the molecule is [C-]#[N+]c1cn2ncnc(N)c2c1-c1ccc(NC(=O)Nc2cccc(C)n2)cc1. The number of nitrogens with one attached hydrogen (secondary N) is 2. The van der Waals surface area contributed by atoms with Crippen molar-refractivity contribution in [3.8, 4) is 11.1 Å². The van der Waals surface area contributed by atoms with Gasteiger partial charge in [-0.3, -0.25) is 5.32 Å². The number of nitrogens with zero attached hydrogens (tertiary/aromatic N) is 5. The van der Waals surface area contributed by atoms with Crippen LogP contribution >= 0.6 is 0 Å². The highest BCUT2D eigenvalue weighted by atomic mass is 16.2. The molecule has 3 heterocycles. The predicted octanol–water partition coefficient (Wildman–Crippen LogP) is 3.88. The molecular formula is C20H16N8O. The predicted molar refractivity (Wildman–Crippen MR) is 111 cm³/mol. The topological polar surface area (TPSA) is 115 Å². The van der Waals surface area contributed by atoms with Gasteiger partial charge in [0.1, 0.15) is 17.7 Å². The van der Waals surface area contributed by atoms with Gasteiger partial charge in [0.25, 0.3) is 0 Å². The van der Waals surface area contributed by atoms with Gasteiger partial charge < -0.3 is 11.1 Å². The zero-order valence-electron chi connectivity index (χ0n) is 15.4. The number of hydrogen-bond acceptors (Lipinski definition) is 5. The number of aromatic nitrogens is 4. The molecule has 9 heteroatoms. The van der Waals surface area contributed by atoms with Gasteiger partial charge in [0, 0.05) is 23.1 Å². The summed E-state index contributed by atoms with van der Waals surface area (Å²) in [4.78, 5) is 24.0. The molecule has 142 valence electrons. The normalized spacial score (nSPS) is 10.5. The molecule has 2 amide bonds. The van der Waals surface area contributed by atoms with Crippen molar-refractivity contribution in [2.45, 2.75) is 6.92 Å². The molecule has 0 aliphatic heterocycles. The van der Waals surface area contributed by atoms with Crippen molar-refractivity contribution in [3.05, 3.63) is 72.1 Å². The van der Waals surface area contributed by atoms with Crippen LogP contribution < -0.4 is 16.4 Å². The number of hydrogen-bond donors (Lipinski definition) is 3. The minimum Gasteiger partial charge on any atom is -0.382 e. The van der Waals surface area contributed by atoms with Crippen molar-refractivity contribution < 1.29 is 4.79 Å². The summed E-state index contributed by atoms with van der Waals surface area (Å²) in [7, 11) is 0. The fourth-order valence-corrected chi connectivity index (χ4v) is 3.00. The van der Waals surface area contributed by atoms with Gasteiger partial charge in [-0.15, -0.1) is 0 Å². The van der Waals surface area contributed by atoms with Crippen molar-refractivity contribution in [2.24, 2.45) is 0 Å². The monoisotopic (exact) mass is 384 g/mol. The molecule has 3 aromatic heterocycles. The Morgan fingerprint density at radius 1 is 1.17 bits per heavy atom. The highest BCUT2D eigenvalue weighted by Gasteiger charge is 2.16. The molecule has 0 aliphatic carbocycles. The van der Waals surface area contributed by atoms with Gasteiger partial charge in [-0.2, -0.15) is 5.10 Å². The molecule has 0 radical (unpaired) electrons. The molecule has 0 saturated heterocycles. The molecule has 0 unspecified atom stereocenters. The average molecular weight is 384 g/mol. The summed E-state index contributed by atoms with van der Waals surface area (Å²) in [6, 6.07) is 12.1. The lowest BCUT2D eigenvalue weighted by molar-refractivity contribution is 0.262. The second kappa shape index (κ2) is 7.28. The van der Waals surface area contributed by atoms with Gasteiger partial charge in [-0.1, -0.05) is 18.2 Å². The molecule has 4 N–H and O–H groups in total. The molecule has 4 rings (SSSR count). The smallest absolute Gasteiger partial charge is 0.324 e. The van der Waals surface area contributed by atoms with Crippen LogP contribution in [0, 0.1) is 13.5 Å². The second-order valence-electron chi connectivity index (χ2n) is 6.26. The second-order valence-corrected chi connectivity index (χ2v) is 6.26. The van der Waals surface area contributed by atoms with Crippen LogP contribution in [-0.2, 0) is 0 Å². The number of carbonyl (C=O) groups excluding carboxylic acids is 1. The number of fused-ring (bicyclic) bond motifs is 1. The van der Waals surface area contributed by atoms with Crippen LogP contribution in [0.25, 0.3) is 21.5 Å². The van der Waals surface area contributed by atoms with Gasteiger partial charge in [0.2, 0.25) is 5.69 Å². The molecule has 4 aromatic rings. The maximum Gasteiger partial charge on any atom is 0.324 e.